The van der Waals surface area contributed by atoms with E-state index in [4.69, 9.17) is 0 Å². The van der Waals surface area contributed by atoms with Crippen molar-refractivity contribution in [3.63, 3.8) is 0 Å². The molecule has 1 unspecified atom stereocenters. The number of rotatable bonds is 5. The molecule has 4 heteroatoms. The number of hydrogen-bond acceptors (Lipinski definition) is 4. The van der Waals surface area contributed by atoms with Gasteiger partial charge in [-0.25, -0.2) is 4.98 Å². The van der Waals surface area contributed by atoms with Crippen LogP contribution in [0.1, 0.15) is 34.5 Å². The first-order valence-electron chi connectivity index (χ1n) is 7.24. The lowest BCUT2D eigenvalue weighted by atomic mass is 9.98. The summed E-state index contributed by atoms with van der Waals surface area (Å²) in [4.78, 5) is 4.37. The molecule has 2 heterocycles. The molecule has 0 saturated carbocycles. The molecule has 0 aliphatic carbocycles. The zero-order valence-electron chi connectivity index (χ0n) is 11.9. The van der Waals surface area contributed by atoms with Crippen LogP contribution in [0.25, 0.3) is 0 Å². The lowest BCUT2D eigenvalue weighted by Crippen LogP contribution is -2.24. The van der Waals surface area contributed by atoms with Crippen LogP contribution in [0.4, 0.5) is 0 Å². The summed E-state index contributed by atoms with van der Waals surface area (Å²) in [6.07, 6.45) is 3.04. The quantitative estimate of drug-likeness (QED) is 0.888. The average Bonchev–Trinajstić information content (AvgIpc) is 3.01. The van der Waals surface area contributed by atoms with Crippen LogP contribution in [0.5, 0.6) is 0 Å². The van der Waals surface area contributed by atoms with Crippen molar-refractivity contribution in [1.29, 1.82) is 0 Å². The molecule has 1 atom stereocenters. The Morgan fingerprint density at radius 1 is 1.40 bits per heavy atom. The van der Waals surface area contributed by atoms with Crippen molar-refractivity contribution in [2.45, 2.75) is 32.4 Å². The van der Waals surface area contributed by atoms with Gasteiger partial charge in [-0.3, -0.25) is 0 Å². The van der Waals surface area contributed by atoms with Gasteiger partial charge >= 0.3 is 0 Å². The van der Waals surface area contributed by atoms with Gasteiger partial charge in [0.1, 0.15) is 0 Å². The van der Waals surface area contributed by atoms with Crippen molar-refractivity contribution in [2.24, 2.45) is 0 Å². The van der Waals surface area contributed by atoms with E-state index < -0.39 is 0 Å². The summed E-state index contributed by atoms with van der Waals surface area (Å²) >= 11 is 1.74. The Kier molecular flexibility index (Phi) is 4.45. The number of nitrogens with one attached hydrogen (secondary N) is 2. The molecule has 1 aromatic carbocycles. The predicted molar refractivity (Wildman–Crippen MR) is 84.1 cm³/mol. The Hall–Kier alpha value is -1.23. The van der Waals surface area contributed by atoms with E-state index in [0.717, 1.165) is 32.6 Å². The third kappa shape index (κ3) is 3.26. The minimum atomic E-state index is 0.481. The first-order valence-corrected chi connectivity index (χ1v) is 8.12. The van der Waals surface area contributed by atoms with Gasteiger partial charge in [0.25, 0.3) is 0 Å². The molecule has 0 saturated heterocycles. The highest BCUT2D eigenvalue weighted by atomic mass is 32.1. The van der Waals surface area contributed by atoms with Crippen LogP contribution in [0.3, 0.4) is 0 Å². The highest BCUT2D eigenvalue weighted by Gasteiger charge is 2.10. The monoisotopic (exact) mass is 287 g/mol. The second-order valence-electron chi connectivity index (χ2n) is 5.43. The number of benzene rings is 1. The van der Waals surface area contributed by atoms with E-state index >= 15 is 0 Å². The highest BCUT2D eigenvalue weighted by molar-refractivity contribution is 7.09. The van der Waals surface area contributed by atoms with Crippen LogP contribution in [0.2, 0.25) is 0 Å². The number of thiazole rings is 1. The molecule has 2 N–H and O–H groups in total. The maximum atomic E-state index is 4.37. The van der Waals surface area contributed by atoms with E-state index in [9.17, 15) is 0 Å². The maximum Gasteiger partial charge on any atom is 0.0965 e. The Balaban J connectivity index is 1.53. The van der Waals surface area contributed by atoms with E-state index in [1.807, 2.05) is 11.6 Å². The fourth-order valence-corrected chi connectivity index (χ4v) is 3.34. The van der Waals surface area contributed by atoms with Crippen molar-refractivity contribution in [2.75, 3.05) is 13.1 Å². The van der Waals surface area contributed by atoms with Gasteiger partial charge in [-0.2, -0.15) is 0 Å². The van der Waals surface area contributed by atoms with Gasteiger partial charge in [0, 0.05) is 37.1 Å². The summed E-state index contributed by atoms with van der Waals surface area (Å²) in [5.41, 5.74) is 4.34. The minimum absolute atomic E-state index is 0.481. The summed E-state index contributed by atoms with van der Waals surface area (Å²) in [6, 6.07) is 6.88. The molecule has 0 bridgehead atoms. The zero-order valence-corrected chi connectivity index (χ0v) is 12.7. The molecule has 3 rings (SSSR count). The molecule has 1 aromatic heterocycles. The maximum absolute atomic E-state index is 4.37. The summed E-state index contributed by atoms with van der Waals surface area (Å²) in [5, 5.41) is 10.2. The number of fused-ring (bicyclic) bond motifs is 1. The summed E-state index contributed by atoms with van der Waals surface area (Å²) in [6.45, 7) is 6.25. The molecule has 3 nitrogen and oxygen atoms in total. The van der Waals surface area contributed by atoms with E-state index in [1.165, 1.54) is 21.7 Å². The molecule has 2 aromatic rings. The standard InChI is InChI=1S/C16H21N3S/c1-12(16-19-6-7-20-16)9-18-10-13-2-3-14-4-5-17-11-15(14)8-13/h2-3,6-8,12,17-18H,4-5,9-11H2,1H3. The third-order valence-electron chi connectivity index (χ3n) is 3.81. The molecule has 0 fully saturated rings. The smallest absolute Gasteiger partial charge is 0.0965 e. The van der Waals surface area contributed by atoms with Gasteiger partial charge < -0.3 is 10.6 Å². The molecule has 20 heavy (non-hydrogen) atoms. The van der Waals surface area contributed by atoms with Gasteiger partial charge in [0.2, 0.25) is 0 Å². The number of hydrogen-bond donors (Lipinski definition) is 2. The van der Waals surface area contributed by atoms with Gasteiger partial charge in [-0.15, -0.1) is 11.3 Å². The van der Waals surface area contributed by atoms with Crippen molar-refractivity contribution < 1.29 is 0 Å². The second kappa shape index (κ2) is 6.48. The largest absolute Gasteiger partial charge is 0.312 e. The van der Waals surface area contributed by atoms with Crippen LogP contribution in [-0.4, -0.2) is 18.1 Å². The van der Waals surface area contributed by atoms with E-state index in [0.29, 0.717) is 5.92 Å². The first-order chi connectivity index (χ1) is 9.83. The molecular weight excluding hydrogens is 266 g/mol. The van der Waals surface area contributed by atoms with E-state index in [1.54, 1.807) is 11.3 Å². The molecule has 0 radical (unpaired) electrons. The van der Waals surface area contributed by atoms with E-state index in [-0.39, 0.29) is 0 Å². The van der Waals surface area contributed by atoms with Crippen LogP contribution >= 0.6 is 11.3 Å². The third-order valence-corrected chi connectivity index (χ3v) is 4.82. The fourth-order valence-electron chi connectivity index (χ4n) is 2.64. The minimum Gasteiger partial charge on any atom is -0.312 e. The first kappa shape index (κ1) is 13.7. The number of aromatic nitrogens is 1. The predicted octanol–water partition coefficient (Wildman–Crippen LogP) is 2.68. The number of nitrogens with zero attached hydrogens (tertiary/aromatic N) is 1. The van der Waals surface area contributed by atoms with Crippen LogP contribution in [-0.2, 0) is 19.5 Å². The molecule has 106 valence electrons. The summed E-state index contributed by atoms with van der Waals surface area (Å²) in [5.74, 6) is 0.481. The Morgan fingerprint density at radius 3 is 3.20 bits per heavy atom. The summed E-state index contributed by atoms with van der Waals surface area (Å²) in [7, 11) is 0. The van der Waals surface area contributed by atoms with Crippen molar-refractivity contribution in [3.05, 3.63) is 51.5 Å². The van der Waals surface area contributed by atoms with Crippen molar-refractivity contribution in [1.82, 2.24) is 15.6 Å². The molecule has 1 aliphatic rings. The van der Waals surface area contributed by atoms with Gasteiger partial charge in [-0.05, 0) is 29.7 Å². The Labute approximate surface area is 124 Å². The zero-order chi connectivity index (χ0) is 13.8. The lowest BCUT2D eigenvalue weighted by Gasteiger charge is -2.18. The Bertz CT molecular complexity index is 551. The highest BCUT2D eigenvalue weighted by Crippen LogP contribution is 2.18. The van der Waals surface area contributed by atoms with Crippen molar-refractivity contribution >= 4 is 11.3 Å². The van der Waals surface area contributed by atoms with Crippen LogP contribution in [0.15, 0.2) is 29.8 Å². The molecule has 0 amide bonds. The van der Waals surface area contributed by atoms with Gasteiger partial charge in [0.05, 0.1) is 5.01 Å². The Morgan fingerprint density at radius 2 is 2.35 bits per heavy atom. The van der Waals surface area contributed by atoms with E-state index in [2.05, 4.69) is 40.7 Å². The SMILES string of the molecule is CC(CNCc1ccc2c(c1)CNCC2)c1nccs1. The fraction of sp³-hybridized carbons (Fsp3) is 0.438. The van der Waals surface area contributed by atoms with Gasteiger partial charge in [-0.1, -0.05) is 25.1 Å². The van der Waals surface area contributed by atoms with Gasteiger partial charge in [0.15, 0.2) is 0 Å². The molecule has 0 spiro atoms. The molecule has 1 aliphatic heterocycles. The van der Waals surface area contributed by atoms with Crippen LogP contribution in [0, 0.1) is 0 Å². The lowest BCUT2D eigenvalue weighted by molar-refractivity contribution is 0.609. The summed E-state index contributed by atoms with van der Waals surface area (Å²) < 4.78 is 0. The molecular formula is C16H21N3S. The normalized spacial score (nSPS) is 15.8. The van der Waals surface area contributed by atoms with Crippen molar-refractivity contribution in [3.8, 4) is 0 Å². The second-order valence-corrected chi connectivity index (χ2v) is 6.36. The van der Waals surface area contributed by atoms with Crippen LogP contribution < -0.4 is 10.6 Å². The average molecular weight is 287 g/mol. The topological polar surface area (TPSA) is 37.0 Å².